The zero-order chi connectivity index (χ0) is 16.9. The van der Waals surface area contributed by atoms with E-state index in [1.807, 2.05) is 6.07 Å². The molecule has 2 atom stereocenters. The number of hydrogen-bond acceptors (Lipinski definition) is 3. The molecular weight excluding hydrogens is 306 g/mol. The summed E-state index contributed by atoms with van der Waals surface area (Å²) in [6.45, 7) is 1.83. The van der Waals surface area contributed by atoms with Crippen LogP contribution in [0.5, 0.6) is 0 Å². The van der Waals surface area contributed by atoms with Gasteiger partial charge in [-0.15, -0.1) is 0 Å². The van der Waals surface area contributed by atoms with Crippen molar-refractivity contribution >= 4 is 11.9 Å². The van der Waals surface area contributed by atoms with Crippen LogP contribution in [0.2, 0.25) is 0 Å². The van der Waals surface area contributed by atoms with E-state index in [-0.39, 0.29) is 29.3 Å². The first-order valence-corrected chi connectivity index (χ1v) is 8.20. The molecule has 1 aromatic carbocycles. The number of hydrogen-bond donors (Lipinski definition) is 2. The molecule has 2 aliphatic rings. The fraction of sp³-hybridized carbons (Fsp3) is 0.368. The molecule has 0 saturated heterocycles. The van der Waals surface area contributed by atoms with E-state index in [0.29, 0.717) is 11.5 Å². The zero-order valence-corrected chi connectivity index (χ0v) is 13.5. The summed E-state index contributed by atoms with van der Waals surface area (Å²) < 4.78 is 5.40. The zero-order valence-electron chi connectivity index (χ0n) is 13.5. The third-order valence-corrected chi connectivity index (χ3v) is 5.42. The summed E-state index contributed by atoms with van der Waals surface area (Å²) in [5, 5.41) is 11.9. The van der Waals surface area contributed by atoms with Crippen molar-refractivity contribution in [3.05, 3.63) is 58.5 Å². The normalized spacial score (nSPS) is 24.0. The summed E-state index contributed by atoms with van der Waals surface area (Å²) in [5.74, 6) is -0.148. The second-order valence-electron chi connectivity index (χ2n) is 6.78. The van der Waals surface area contributed by atoms with Gasteiger partial charge in [-0.3, -0.25) is 4.79 Å². The van der Waals surface area contributed by atoms with Gasteiger partial charge in [0, 0.05) is 11.3 Å². The number of rotatable bonds is 4. The largest absolute Gasteiger partial charge is 0.478 e. The quantitative estimate of drug-likeness (QED) is 0.906. The van der Waals surface area contributed by atoms with Crippen LogP contribution < -0.4 is 5.32 Å². The van der Waals surface area contributed by atoms with Crippen molar-refractivity contribution in [2.75, 3.05) is 0 Å². The maximum atomic E-state index is 12.5. The molecule has 1 spiro atoms. The molecule has 2 unspecified atom stereocenters. The van der Waals surface area contributed by atoms with Gasteiger partial charge in [0.05, 0.1) is 6.54 Å². The molecule has 5 nitrogen and oxygen atoms in total. The highest BCUT2D eigenvalue weighted by Crippen LogP contribution is 2.61. The predicted octanol–water partition coefficient (Wildman–Crippen LogP) is 2.81. The topological polar surface area (TPSA) is 79.5 Å². The van der Waals surface area contributed by atoms with Gasteiger partial charge in [-0.05, 0) is 43.4 Å². The molecule has 1 saturated carbocycles. The Morgan fingerprint density at radius 2 is 2.17 bits per heavy atom. The summed E-state index contributed by atoms with van der Waals surface area (Å²) in [5.41, 5.74) is 2.85. The molecular formula is C19H19NO4. The van der Waals surface area contributed by atoms with Gasteiger partial charge < -0.3 is 14.8 Å². The number of nitrogens with one attached hydrogen (secondary N) is 1. The maximum Gasteiger partial charge on any atom is 0.339 e. The third kappa shape index (κ3) is 2.23. The van der Waals surface area contributed by atoms with Crippen LogP contribution in [0.15, 0.2) is 34.7 Å². The summed E-state index contributed by atoms with van der Waals surface area (Å²) >= 11 is 0. The standard InChI is InChI=1S/C19H19NO4/c1-11-14(18(22)23)8-13(24-11)10-20-17(21)16-9-19(16)7-6-12-4-2-3-5-15(12)19/h2-5,8,16H,6-7,9-10H2,1H3,(H,20,21)(H,22,23). The van der Waals surface area contributed by atoms with Crippen molar-refractivity contribution in [2.45, 2.75) is 38.1 Å². The van der Waals surface area contributed by atoms with Gasteiger partial charge in [-0.2, -0.15) is 0 Å². The first-order valence-electron chi connectivity index (χ1n) is 8.20. The van der Waals surface area contributed by atoms with Gasteiger partial charge in [0.15, 0.2) is 0 Å². The van der Waals surface area contributed by atoms with Crippen LogP contribution in [-0.2, 0) is 23.2 Å². The van der Waals surface area contributed by atoms with Crippen LogP contribution in [0, 0.1) is 12.8 Å². The van der Waals surface area contributed by atoms with Crippen molar-refractivity contribution in [3.63, 3.8) is 0 Å². The number of amides is 1. The fourth-order valence-electron chi connectivity index (χ4n) is 4.08. The highest BCUT2D eigenvalue weighted by atomic mass is 16.4. The lowest BCUT2D eigenvalue weighted by atomic mass is 9.95. The van der Waals surface area contributed by atoms with E-state index in [1.54, 1.807) is 6.92 Å². The van der Waals surface area contributed by atoms with E-state index >= 15 is 0 Å². The minimum Gasteiger partial charge on any atom is -0.478 e. The van der Waals surface area contributed by atoms with Crippen LogP contribution in [-0.4, -0.2) is 17.0 Å². The Bertz CT molecular complexity index is 838. The van der Waals surface area contributed by atoms with Crippen LogP contribution in [0.4, 0.5) is 0 Å². The van der Waals surface area contributed by atoms with Crippen molar-refractivity contribution in [3.8, 4) is 0 Å². The smallest absolute Gasteiger partial charge is 0.339 e. The molecule has 1 aromatic heterocycles. The van der Waals surface area contributed by atoms with E-state index in [1.165, 1.54) is 17.2 Å². The van der Waals surface area contributed by atoms with Gasteiger partial charge in [-0.1, -0.05) is 24.3 Å². The molecule has 0 radical (unpaired) electrons. The van der Waals surface area contributed by atoms with Crippen LogP contribution in [0.3, 0.4) is 0 Å². The molecule has 124 valence electrons. The Morgan fingerprint density at radius 1 is 1.38 bits per heavy atom. The van der Waals surface area contributed by atoms with Crippen molar-refractivity contribution in [1.29, 1.82) is 0 Å². The van der Waals surface area contributed by atoms with Gasteiger partial charge in [-0.25, -0.2) is 4.79 Å². The predicted molar refractivity (Wildman–Crippen MR) is 86.8 cm³/mol. The van der Waals surface area contributed by atoms with Crippen molar-refractivity contribution in [1.82, 2.24) is 5.32 Å². The van der Waals surface area contributed by atoms with Crippen LogP contribution >= 0.6 is 0 Å². The number of benzene rings is 1. The molecule has 5 heteroatoms. The lowest BCUT2D eigenvalue weighted by Gasteiger charge is -2.11. The fourth-order valence-corrected chi connectivity index (χ4v) is 4.08. The highest BCUT2D eigenvalue weighted by molar-refractivity contribution is 5.89. The van der Waals surface area contributed by atoms with Gasteiger partial charge >= 0.3 is 5.97 Å². The number of fused-ring (bicyclic) bond motifs is 2. The summed E-state index contributed by atoms with van der Waals surface area (Å²) in [4.78, 5) is 23.5. The molecule has 2 N–H and O–H groups in total. The summed E-state index contributed by atoms with van der Waals surface area (Å²) in [7, 11) is 0. The molecule has 0 aliphatic heterocycles. The molecule has 0 bridgehead atoms. The van der Waals surface area contributed by atoms with E-state index in [2.05, 4.69) is 23.5 Å². The van der Waals surface area contributed by atoms with Crippen LogP contribution in [0.1, 0.15) is 45.8 Å². The number of carbonyl (C=O) groups is 2. The average Bonchev–Trinajstić information content (AvgIpc) is 3.00. The monoisotopic (exact) mass is 325 g/mol. The Morgan fingerprint density at radius 3 is 2.92 bits per heavy atom. The number of furan rings is 1. The van der Waals surface area contributed by atoms with Crippen molar-refractivity contribution in [2.24, 2.45) is 5.92 Å². The second-order valence-corrected chi connectivity index (χ2v) is 6.78. The highest BCUT2D eigenvalue weighted by Gasteiger charge is 2.61. The van der Waals surface area contributed by atoms with Gasteiger partial charge in [0.1, 0.15) is 17.1 Å². The molecule has 1 heterocycles. The molecule has 2 aromatic rings. The Kier molecular flexibility index (Phi) is 3.27. The molecule has 4 rings (SSSR count). The van der Waals surface area contributed by atoms with E-state index in [9.17, 15) is 9.59 Å². The number of carbonyl (C=O) groups excluding carboxylic acids is 1. The third-order valence-electron chi connectivity index (χ3n) is 5.42. The first kappa shape index (κ1) is 15.0. The number of aromatic carboxylic acids is 1. The Balaban J connectivity index is 1.42. The molecule has 1 amide bonds. The second kappa shape index (κ2) is 5.23. The van der Waals surface area contributed by atoms with E-state index in [0.717, 1.165) is 19.3 Å². The molecule has 24 heavy (non-hydrogen) atoms. The molecule has 2 aliphatic carbocycles. The van der Waals surface area contributed by atoms with Crippen LogP contribution in [0.25, 0.3) is 0 Å². The van der Waals surface area contributed by atoms with E-state index < -0.39 is 5.97 Å². The van der Waals surface area contributed by atoms with Gasteiger partial charge in [0.25, 0.3) is 0 Å². The summed E-state index contributed by atoms with van der Waals surface area (Å²) in [6, 6.07) is 9.86. The number of carboxylic acid groups (broad SMARTS) is 1. The minimum atomic E-state index is -1.02. The Hall–Kier alpha value is -2.56. The number of aryl methyl sites for hydroxylation is 2. The first-order chi connectivity index (χ1) is 11.5. The lowest BCUT2D eigenvalue weighted by molar-refractivity contribution is -0.123. The summed E-state index contributed by atoms with van der Waals surface area (Å²) in [6.07, 6.45) is 2.97. The number of carboxylic acids is 1. The van der Waals surface area contributed by atoms with Crippen molar-refractivity contribution < 1.29 is 19.1 Å². The molecule has 1 fully saturated rings. The SMILES string of the molecule is Cc1oc(CNC(=O)C2CC23CCc2ccccc23)cc1C(=O)O. The lowest BCUT2D eigenvalue weighted by Crippen LogP contribution is -2.27. The average molecular weight is 325 g/mol. The van der Waals surface area contributed by atoms with E-state index in [4.69, 9.17) is 9.52 Å². The minimum absolute atomic E-state index is 0.0103. The Labute approximate surface area is 139 Å². The maximum absolute atomic E-state index is 12.5. The van der Waals surface area contributed by atoms with Gasteiger partial charge in [0.2, 0.25) is 5.91 Å².